The van der Waals surface area contributed by atoms with Crippen LogP contribution in [0.25, 0.3) is 0 Å². The molecule has 0 unspecified atom stereocenters. The van der Waals surface area contributed by atoms with E-state index in [0.29, 0.717) is 10.6 Å². The second-order valence-corrected chi connectivity index (χ2v) is 5.51. The van der Waals surface area contributed by atoms with Gasteiger partial charge in [0.1, 0.15) is 5.82 Å². The predicted molar refractivity (Wildman–Crippen MR) is 71.0 cm³/mol. The maximum Gasteiger partial charge on any atom is 0.234 e. The molecule has 18 heavy (non-hydrogen) atoms. The number of amides is 1. The lowest BCUT2D eigenvalue weighted by molar-refractivity contribution is -0.121. The molecule has 0 atom stereocenters. The first-order valence-corrected chi connectivity index (χ1v) is 6.12. The zero-order valence-corrected chi connectivity index (χ0v) is 11.6. The van der Waals surface area contributed by atoms with Crippen molar-refractivity contribution < 1.29 is 9.18 Å². The highest BCUT2D eigenvalue weighted by atomic mass is 35.5. The number of halogens is 2. The Labute approximate surface area is 112 Å². The van der Waals surface area contributed by atoms with Crippen molar-refractivity contribution in [1.82, 2.24) is 10.6 Å². The van der Waals surface area contributed by atoms with E-state index in [4.69, 9.17) is 11.6 Å². The van der Waals surface area contributed by atoms with E-state index in [9.17, 15) is 9.18 Å². The molecule has 0 aliphatic rings. The highest BCUT2D eigenvalue weighted by molar-refractivity contribution is 6.31. The maximum absolute atomic E-state index is 13.4. The molecule has 0 fully saturated rings. The lowest BCUT2D eigenvalue weighted by Gasteiger charge is -2.20. The van der Waals surface area contributed by atoms with Gasteiger partial charge in [0.2, 0.25) is 5.91 Å². The molecule has 0 aromatic heterocycles. The monoisotopic (exact) mass is 272 g/mol. The van der Waals surface area contributed by atoms with E-state index in [2.05, 4.69) is 10.6 Å². The Morgan fingerprint density at radius 2 is 2.06 bits per heavy atom. The van der Waals surface area contributed by atoms with Crippen LogP contribution in [0.15, 0.2) is 18.2 Å². The Morgan fingerprint density at radius 3 is 2.61 bits per heavy atom. The van der Waals surface area contributed by atoms with Crippen LogP contribution >= 0.6 is 11.6 Å². The molecule has 0 saturated heterocycles. The molecule has 0 spiro atoms. The second kappa shape index (κ2) is 6.16. The van der Waals surface area contributed by atoms with Gasteiger partial charge in [0, 0.05) is 22.7 Å². The van der Waals surface area contributed by atoms with Gasteiger partial charge in [-0.25, -0.2) is 4.39 Å². The summed E-state index contributed by atoms with van der Waals surface area (Å²) in [6, 6.07) is 4.52. The molecule has 1 rings (SSSR count). The highest BCUT2D eigenvalue weighted by Crippen LogP contribution is 2.18. The molecule has 2 N–H and O–H groups in total. The normalized spacial score (nSPS) is 11.4. The molecule has 3 nitrogen and oxygen atoms in total. The van der Waals surface area contributed by atoms with E-state index in [1.54, 1.807) is 12.1 Å². The molecule has 5 heteroatoms. The second-order valence-electron chi connectivity index (χ2n) is 5.10. The molecule has 1 aromatic carbocycles. The van der Waals surface area contributed by atoms with Gasteiger partial charge < -0.3 is 10.6 Å². The molecular formula is C13H18ClFN2O. The van der Waals surface area contributed by atoms with Crippen molar-refractivity contribution in [1.29, 1.82) is 0 Å². The van der Waals surface area contributed by atoms with Gasteiger partial charge in [-0.1, -0.05) is 17.7 Å². The molecular weight excluding hydrogens is 255 g/mol. The first kappa shape index (κ1) is 14.9. The quantitative estimate of drug-likeness (QED) is 0.884. The molecule has 0 bridgehead atoms. The van der Waals surface area contributed by atoms with E-state index in [1.807, 2.05) is 20.8 Å². The van der Waals surface area contributed by atoms with Crippen molar-refractivity contribution in [3.8, 4) is 0 Å². The third-order valence-corrected chi connectivity index (χ3v) is 2.52. The summed E-state index contributed by atoms with van der Waals surface area (Å²) in [5.74, 6) is -0.499. The van der Waals surface area contributed by atoms with Crippen molar-refractivity contribution in [3.05, 3.63) is 34.6 Å². The number of carbonyl (C=O) groups excluding carboxylic acids is 1. The number of carbonyl (C=O) groups is 1. The summed E-state index contributed by atoms with van der Waals surface area (Å²) < 4.78 is 13.4. The minimum Gasteiger partial charge on any atom is -0.350 e. The summed E-state index contributed by atoms with van der Waals surface area (Å²) in [7, 11) is 0. The lowest BCUT2D eigenvalue weighted by atomic mass is 10.1. The van der Waals surface area contributed by atoms with Gasteiger partial charge in [0.15, 0.2) is 0 Å². The van der Waals surface area contributed by atoms with E-state index in [0.717, 1.165) is 0 Å². The van der Waals surface area contributed by atoms with Crippen molar-refractivity contribution >= 4 is 17.5 Å². The van der Waals surface area contributed by atoms with Gasteiger partial charge in [0.25, 0.3) is 0 Å². The molecule has 0 heterocycles. The third-order valence-electron chi connectivity index (χ3n) is 2.16. The molecule has 0 aliphatic carbocycles. The van der Waals surface area contributed by atoms with Gasteiger partial charge in [0.05, 0.1) is 6.54 Å². The van der Waals surface area contributed by atoms with E-state index < -0.39 is 0 Å². The van der Waals surface area contributed by atoms with Crippen LogP contribution in [0.2, 0.25) is 5.02 Å². The standard InChI is InChI=1S/C13H18ClFN2O/c1-13(2,3)17-12(18)8-16-7-9-10(14)5-4-6-11(9)15/h4-6,16H,7-8H2,1-3H3,(H,17,18). The fraction of sp³-hybridized carbons (Fsp3) is 0.462. The summed E-state index contributed by atoms with van der Waals surface area (Å²) >= 11 is 5.87. The van der Waals surface area contributed by atoms with E-state index in [-0.39, 0.29) is 30.4 Å². The zero-order chi connectivity index (χ0) is 13.8. The Hall–Kier alpha value is -1.13. The summed E-state index contributed by atoms with van der Waals surface area (Å²) in [5.41, 5.74) is 0.108. The van der Waals surface area contributed by atoms with Gasteiger partial charge in [-0.2, -0.15) is 0 Å². The smallest absolute Gasteiger partial charge is 0.234 e. The predicted octanol–water partition coefficient (Wildman–Crippen LogP) is 2.48. The van der Waals surface area contributed by atoms with Gasteiger partial charge >= 0.3 is 0 Å². The van der Waals surface area contributed by atoms with Crippen LogP contribution in [0.5, 0.6) is 0 Å². The Bertz CT molecular complexity index is 409. The summed E-state index contributed by atoms with van der Waals surface area (Å²) in [6.07, 6.45) is 0. The van der Waals surface area contributed by atoms with Crippen LogP contribution < -0.4 is 10.6 Å². The zero-order valence-electron chi connectivity index (χ0n) is 10.8. The maximum atomic E-state index is 13.4. The molecule has 0 radical (unpaired) electrons. The molecule has 1 amide bonds. The van der Waals surface area contributed by atoms with Crippen molar-refractivity contribution in [2.75, 3.05) is 6.54 Å². The van der Waals surface area contributed by atoms with Crippen LogP contribution in [0.3, 0.4) is 0 Å². The van der Waals surface area contributed by atoms with Crippen LogP contribution in [-0.4, -0.2) is 18.0 Å². The van der Waals surface area contributed by atoms with Crippen LogP contribution in [-0.2, 0) is 11.3 Å². The number of hydrogen-bond acceptors (Lipinski definition) is 2. The van der Waals surface area contributed by atoms with Crippen LogP contribution in [0.1, 0.15) is 26.3 Å². The van der Waals surface area contributed by atoms with E-state index in [1.165, 1.54) is 6.07 Å². The fourth-order valence-electron chi connectivity index (χ4n) is 1.46. The number of benzene rings is 1. The Kier molecular flexibility index (Phi) is 5.11. The minimum atomic E-state index is -0.369. The largest absolute Gasteiger partial charge is 0.350 e. The molecule has 0 aliphatic heterocycles. The molecule has 1 aromatic rings. The first-order chi connectivity index (χ1) is 8.29. The number of hydrogen-bond donors (Lipinski definition) is 2. The average molecular weight is 273 g/mol. The van der Waals surface area contributed by atoms with Gasteiger partial charge in [-0.05, 0) is 32.9 Å². The Morgan fingerprint density at radius 1 is 1.39 bits per heavy atom. The summed E-state index contributed by atoms with van der Waals surface area (Å²) in [5, 5.41) is 6.04. The number of rotatable bonds is 4. The lowest BCUT2D eigenvalue weighted by Crippen LogP contribution is -2.44. The van der Waals surface area contributed by atoms with E-state index >= 15 is 0 Å². The molecule has 0 saturated carbocycles. The molecule has 100 valence electrons. The highest BCUT2D eigenvalue weighted by Gasteiger charge is 2.13. The topological polar surface area (TPSA) is 41.1 Å². The fourth-order valence-corrected chi connectivity index (χ4v) is 1.69. The van der Waals surface area contributed by atoms with Crippen molar-refractivity contribution in [2.45, 2.75) is 32.9 Å². The van der Waals surface area contributed by atoms with Crippen LogP contribution in [0.4, 0.5) is 4.39 Å². The van der Waals surface area contributed by atoms with Gasteiger partial charge in [-0.15, -0.1) is 0 Å². The Balaban J connectivity index is 2.45. The SMILES string of the molecule is CC(C)(C)NC(=O)CNCc1c(F)cccc1Cl. The summed E-state index contributed by atoms with van der Waals surface area (Å²) in [6.45, 7) is 6.06. The van der Waals surface area contributed by atoms with Crippen LogP contribution in [0, 0.1) is 5.82 Å². The first-order valence-electron chi connectivity index (χ1n) is 5.74. The van der Waals surface area contributed by atoms with Crippen molar-refractivity contribution in [3.63, 3.8) is 0 Å². The van der Waals surface area contributed by atoms with Crippen molar-refractivity contribution in [2.24, 2.45) is 0 Å². The minimum absolute atomic E-state index is 0.127. The number of nitrogens with one attached hydrogen (secondary N) is 2. The third kappa shape index (κ3) is 5.02. The average Bonchev–Trinajstić information content (AvgIpc) is 2.19. The summed E-state index contributed by atoms with van der Waals surface area (Å²) in [4.78, 5) is 11.5. The van der Waals surface area contributed by atoms with Gasteiger partial charge in [-0.3, -0.25) is 4.79 Å².